The minimum atomic E-state index is -0.510. The molecule has 0 saturated heterocycles. The number of hydrogen-bond donors (Lipinski definition) is 0. The largest absolute Gasteiger partial charge is 0.463 e. The molecule has 0 saturated carbocycles. The molecular formula is C17H24O4. The maximum atomic E-state index is 12.1. The monoisotopic (exact) mass is 292 g/mol. The molecule has 1 aromatic carbocycles. The van der Waals surface area contributed by atoms with Crippen LogP contribution in [0, 0.1) is 5.92 Å². The molecule has 4 nitrogen and oxygen atoms in total. The molecule has 0 amide bonds. The van der Waals surface area contributed by atoms with Gasteiger partial charge in [-0.1, -0.05) is 31.5 Å². The first-order valence-electron chi connectivity index (χ1n) is 7.42. The zero-order valence-corrected chi connectivity index (χ0v) is 13.2. The standard InChI is InChI=1S/C17H24O4/c1-5-9-15(17(19)20-12(2)3)13(4)21-16(18)14-10-7-6-8-11-14/h6-8,10-13,15H,5,9H2,1-4H3. The summed E-state index contributed by atoms with van der Waals surface area (Å²) in [7, 11) is 0. The highest BCUT2D eigenvalue weighted by Gasteiger charge is 2.29. The summed E-state index contributed by atoms with van der Waals surface area (Å²) in [6.07, 6.45) is 0.776. The van der Waals surface area contributed by atoms with Crippen molar-refractivity contribution in [1.29, 1.82) is 0 Å². The fourth-order valence-electron chi connectivity index (χ4n) is 2.07. The third-order valence-electron chi connectivity index (χ3n) is 3.12. The fourth-order valence-corrected chi connectivity index (χ4v) is 2.07. The molecule has 2 atom stereocenters. The van der Waals surface area contributed by atoms with Crippen molar-refractivity contribution in [1.82, 2.24) is 0 Å². The molecule has 0 bridgehead atoms. The lowest BCUT2D eigenvalue weighted by Crippen LogP contribution is -2.33. The molecule has 4 heteroatoms. The summed E-state index contributed by atoms with van der Waals surface area (Å²) in [6.45, 7) is 7.34. The van der Waals surface area contributed by atoms with E-state index in [9.17, 15) is 9.59 Å². The first-order chi connectivity index (χ1) is 9.95. The smallest absolute Gasteiger partial charge is 0.338 e. The SMILES string of the molecule is CCCC(C(=O)OC(C)C)C(C)OC(=O)c1ccccc1. The maximum absolute atomic E-state index is 12.1. The molecule has 116 valence electrons. The van der Waals surface area contributed by atoms with E-state index in [1.807, 2.05) is 26.8 Å². The zero-order chi connectivity index (χ0) is 15.8. The summed E-state index contributed by atoms with van der Waals surface area (Å²) < 4.78 is 10.7. The Hall–Kier alpha value is -1.84. The van der Waals surface area contributed by atoms with Crippen LogP contribution in [-0.2, 0) is 14.3 Å². The minimum Gasteiger partial charge on any atom is -0.463 e. The molecule has 0 aliphatic heterocycles. The van der Waals surface area contributed by atoms with Gasteiger partial charge in [-0.15, -0.1) is 0 Å². The van der Waals surface area contributed by atoms with Crippen LogP contribution in [0.5, 0.6) is 0 Å². The summed E-state index contributed by atoms with van der Waals surface area (Å²) >= 11 is 0. The zero-order valence-electron chi connectivity index (χ0n) is 13.2. The lowest BCUT2D eigenvalue weighted by atomic mass is 9.98. The van der Waals surface area contributed by atoms with Gasteiger partial charge in [0.05, 0.1) is 17.6 Å². The molecular weight excluding hydrogens is 268 g/mol. The van der Waals surface area contributed by atoms with E-state index in [1.165, 1.54) is 0 Å². The second-order valence-electron chi connectivity index (χ2n) is 5.36. The number of hydrogen-bond acceptors (Lipinski definition) is 4. The highest BCUT2D eigenvalue weighted by Crippen LogP contribution is 2.19. The van der Waals surface area contributed by atoms with Gasteiger partial charge < -0.3 is 9.47 Å². The van der Waals surface area contributed by atoms with Crippen molar-refractivity contribution in [2.24, 2.45) is 5.92 Å². The number of rotatable bonds is 7. The molecule has 0 aromatic heterocycles. The van der Waals surface area contributed by atoms with E-state index >= 15 is 0 Å². The second-order valence-corrected chi connectivity index (χ2v) is 5.36. The van der Waals surface area contributed by atoms with Gasteiger partial charge in [0, 0.05) is 0 Å². The van der Waals surface area contributed by atoms with Crippen LogP contribution in [0.2, 0.25) is 0 Å². The molecule has 1 aromatic rings. The van der Waals surface area contributed by atoms with Crippen molar-refractivity contribution in [2.45, 2.75) is 52.7 Å². The molecule has 0 radical (unpaired) electrons. The van der Waals surface area contributed by atoms with Gasteiger partial charge in [0.15, 0.2) is 0 Å². The van der Waals surface area contributed by atoms with Gasteiger partial charge in [-0.25, -0.2) is 4.79 Å². The van der Waals surface area contributed by atoms with Crippen LogP contribution >= 0.6 is 0 Å². The Balaban J connectivity index is 2.70. The molecule has 0 spiro atoms. The Labute approximate surface area is 126 Å². The topological polar surface area (TPSA) is 52.6 Å². The molecule has 0 N–H and O–H groups in total. The van der Waals surface area contributed by atoms with Crippen LogP contribution in [0.3, 0.4) is 0 Å². The third kappa shape index (κ3) is 5.58. The van der Waals surface area contributed by atoms with Crippen LogP contribution in [0.15, 0.2) is 30.3 Å². The average Bonchev–Trinajstić information content (AvgIpc) is 2.44. The minimum absolute atomic E-state index is 0.172. The Morgan fingerprint density at radius 2 is 1.67 bits per heavy atom. The van der Waals surface area contributed by atoms with Gasteiger partial charge in [0.25, 0.3) is 0 Å². The summed E-state index contributed by atoms with van der Waals surface area (Å²) in [4.78, 5) is 24.1. The van der Waals surface area contributed by atoms with Gasteiger partial charge in [-0.3, -0.25) is 4.79 Å². The Kier molecular flexibility index (Phi) is 6.92. The molecule has 21 heavy (non-hydrogen) atoms. The summed E-state index contributed by atoms with van der Waals surface area (Å²) in [6, 6.07) is 8.77. The van der Waals surface area contributed by atoms with E-state index in [0.29, 0.717) is 12.0 Å². The van der Waals surface area contributed by atoms with Crippen molar-refractivity contribution in [2.75, 3.05) is 0 Å². The van der Waals surface area contributed by atoms with Gasteiger partial charge in [-0.05, 0) is 39.3 Å². The highest BCUT2D eigenvalue weighted by molar-refractivity contribution is 5.89. The lowest BCUT2D eigenvalue weighted by Gasteiger charge is -2.23. The van der Waals surface area contributed by atoms with Gasteiger partial charge in [0.1, 0.15) is 6.10 Å². The molecule has 1 rings (SSSR count). The summed E-state index contributed by atoms with van der Waals surface area (Å²) in [5.41, 5.74) is 0.483. The van der Waals surface area contributed by atoms with Crippen molar-refractivity contribution in [3.63, 3.8) is 0 Å². The van der Waals surface area contributed by atoms with E-state index in [-0.39, 0.29) is 12.1 Å². The van der Waals surface area contributed by atoms with Crippen molar-refractivity contribution < 1.29 is 19.1 Å². The van der Waals surface area contributed by atoms with Gasteiger partial charge >= 0.3 is 11.9 Å². The first kappa shape index (κ1) is 17.2. The number of carbonyl (C=O) groups is 2. The molecule has 0 heterocycles. The highest BCUT2D eigenvalue weighted by atomic mass is 16.6. The van der Waals surface area contributed by atoms with E-state index in [1.54, 1.807) is 31.2 Å². The molecule has 2 unspecified atom stereocenters. The fraction of sp³-hybridized carbons (Fsp3) is 0.529. The molecule has 0 aliphatic rings. The van der Waals surface area contributed by atoms with E-state index < -0.39 is 18.0 Å². The number of esters is 2. The normalized spacial score (nSPS) is 13.6. The van der Waals surface area contributed by atoms with Crippen molar-refractivity contribution in [3.05, 3.63) is 35.9 Å². The number of ether oxygens (including phenoxy) is 2. The van der Waals surface area contributed by atoms with Crippen LogP contribution < -0.4 is 0 Å². The van der Waals surface area contributed by atoms with Crippen LogP contribution in [-0.4, -0.2) is 24.1 Å². The number of carbonyl (C=O) groups excluding carboxylic acids is 2. The van der Waals surface area contributed by atoms with Crippen molar-refractivity contribution in [3.8, 4) is 0 Å². The average molecular weight is 292 g/mol. The third-order valence-corrected chi connectivity index (χ3v) is 3.12. The lowest BCUT2D eigenvalue weighted by molar-refractivity contribution is -0.156. The Morgan fingerprint density at radius 1 is 1.05 bits per heavy atom. The first-order valence-corrected chi connectivity index (χ1v) is 7.42. The summed E-state index contributed by atoms with van der Waals surface area (Å²) in [5.74, 6) is -1.15. The Morgan fingerprint density at radius 3 is 2.19 bits per heavy atom. The molecule has 0 aliphatic carbocycles. The van der Waals surface area contributed by atoms with Crippen LogP contribution in [0.4, 0.5) is 0 Å². The van der Waals surface area contributed by atoms with E-state index in [0.717, 1.165) is 6.42 Å². The van der Waals surface area contributed by atoms with Crippen LogP contribution in [0.1, 0.15) is 50.9 Å². The summed E-state index contributed by atoms with van der Waals surface area (Å²) in [5, 5.41) is 0. The molecule has 0 fully saturated rings. The van der Waals surface area contributed by atoms with Gasteiger partial charge in [0.2, 0.25) is 0 Å². The van der Waals surface area contributed by atoms with Crippen molar-refractivity contribution >= 4 is 11.9 Å². The Bertz CT molecular complexity index is 453. The van der Waals surface area contributed by atoms with Crippen LogP contribution in [0.25, 0.3) is 0 Å². The maximum Gasteiger partial charge on any atom is 0.338 e. The van der Waals surface area contributed by atoms with E-state index in [2.05, 4.69) is 0 Å². The predicted molar refractivity (Wildman–Crippen MR) is 80.9 cm³/mol. The second kappa shape index (κ2) is 8.45. The quantitative estimate of drug-likeness (QED) is 0.720. The van der Waals surface area contributed by atoms with Gasteiger partial charge in [-0.2, -0.15) is 0 Å². The predicted octanol–water partition coefficient (Wildman–Crippen LogP) is 3.60. The number of benzene rings is 1. The van der Waals surface area contributed by atoms with E-state index in [4.69, 9.17) is 9.47 Å².